The van der Waals surface area contributed by atoms with Crippen LogP contribution in [0.3, 0.4) is 0 Å². The Hall–Kier alpha value is -3.11. The van der Waals surface area contributed by atoms with Crippen LogP contribution in [0.4, 0.5) is 0 Å². The maximum Gasteiger partial charge on any atom is 0.134 e. The number of ether oxygens (including phenoxy) is 2. The molecule has 1 heterocycles. The number of rotatable bonds is 7. The number of hydrogen-bond donors (Lipinski definition) is 0. The zero-order chi connectivity index (χ0) is 17.6. The van der Waals surface area contributed by atoms with E-state index < -0.39 is 0 Å². The van der Waals surface area contributed by atoms with Crippen LogP contribution in [0.2, 0.25) is 0 Å². The third-order valence-corrected chi connectivity index (χ3v) is 3.78. The predicted octanol–water partition coefficient (Wildman–Crippen LogP) is 5.78. The first-order valence-corrected chi connectivity index (χ1v) is 8.12. The van der Waals surface area contributed by atoms with Gasteiger partial charge < -0.3 is 13.9 Å². The molecule has 1 unspecified atom stereocenters. The van der Waals surface area contributed by atoms with Gasteiger partial charge in [-0.25, -0.2) is 0 Å². The zero-order valence-corrected chi connectivity index (χ0v) is 14.2. The van der Waals surface area contributed by atoms with Crippen LogP contribution in [-0.4, -0.2) is 6.61 Å². The van der Waals surface area contributed by atoms with Gasteiger partial charge in [0.15, 0.2) is 0 Å². The SMILES string of the molecule is CCOc1ccc(COc2ccc3oc(C(C)N=[N+]=[N-])cc3c2)cc1. The first-order chi connectivity index (χ1) is 12.2. The molecule has 0 radical (unpaired) electrons. The van der Waals surface area contributed by atoms with Gasteiger partial charge in [-0.3, -0.25) is 0 Å². The second-order valence-corrected chi connectivity index (χ2v) is 5.59. The van der Waals surface area contributed by atoms with E-state index in [9.17, 15) is 0 Å². The van der Waals surface area contributed by atoms with Crippen LogP contribution in [0.25, 0.3) is 21.4 Å². The zero-order valence-electron chi connectivity index (χ0n) is 14.2. The Morgan fingerprint density at radius 1 is 1.08 bits per heavy atom. The van der Waals surface area contributed by atoms with E-state index in [1.54, 1.807) is 6.92 Å². The molecular weight excluding hydrogens is 318 g/mol. The van der Waals surface area contributed by atoms with Crippen molar-refractivity contribution in [2.24, 2.45) is 5.11 Å². The summed E-state index contributed by atoms with van der Waals surface area (Å²) in [4.78, 5) is 2.81. The number of fused-ring (bicyclic) bond motifs is 1. The van der Waals surface area contributed by atoms with Gasteiger partial charge in [-0.15, -0.1) is 0 Å². The van der Waals surface area contributed by atoms with E-state index in [0.29, 0.717) is 19.0 Å². The molecule has 1 aromatic heterocycles. The highest BCUT2D eigenvalue weighted by Crippen LogP contribution is 2.29. The van der Waals surface area contributed by atoms with Gasteiger partial charge in [-0.2, -0.15) is 0 Å². The van der Waals surface area contributed by atoms with E-state index in [1.807, 2.05) is 55.5 Å². The van der Waals surface area contributed by atoms with Gasteiger partial charge in [0, 0.05) is 10.3 Å². The van der Waals surface area contributed by atoms with E-state index in [1.165, 1.54) is 0 Å². The summed E-state index contributed by atoms with van der Waals surface area (Å²) in [6.07, 6.45) is 0. The van der Waals surface area contributed by atoms with Gasteiger partial charge in [-0.1, -0.05) is 17.2 Å². The van der Waals surface area contributed by atoms with Gasteiger partial charge in [-0.05, 0) is 61.3 Å². The number of hydrogen-bond acceptors (Lipinski definition) is 4. The molecule has 0 aliphatic rings. The molecule has 3 aromatic rings. The van der Waals surface area contributed by atoms with Crippen molar-refractivity contribution in [3.63, 3.8) is 0 Å². The van der Waals surface area contributed by atoms with E-state index in [2.05, 4.69) is 10.0 Å². The Balaban J connectivity index is 1.70. The molecule has 0 N–H and O–H groups in total. The van der Waals surface area contributed by atoms with Crippen molar-refractivity contribution >= 4 is 11.0 Å². The molecule has 0 spiro atoms. The van der Waals surface area contributed by atoms with Crippen LogP contribution in [0, 0.1) is 0 Å². The first kappa shape index (κ1) is 16.7. The van der Waals surface area contributed by atoms with Crippen LogP contribution >= 0.6 is 0 Å². The number of benzene rings is 2. The largest absolute Gasteiger partial charge is 0.494 e. The Morgan fingerprint density at radius 2 is 1.84 bits per heavy atom. The number of azide groups is 1. The number of nitrogens with zero attached hydrogens (tertiary/aromatic N) is 3. The van der Waals surface area contributed by atoms with Gasteiger partial charge in [0.25, 0.3) is 0 Å². The summed E-state index contributed by atoms with van der Waals surface area (Å²) in [6, 6.07) is 15.0. The highest BCUT2D eigenvalue weighted by atomic mass is 16.5. The lowest BCUT2D eigenvalue weighted by molar-refractivity contribution is 0.305. The molecule has 128 valence electrons. The van der Waals surface area contributed by atoms with Crippen molar-refractivity contribution in [2.75, 3.05) is 6.61 Å². The monoisotopic (exact) mass is 337 g/mol. The van der Waals surface area contributed by atoms with Crippen LogP contribution in [0.5, 0.6) is 11.5 Å². The normalized spacial score (nSPS) is 11.8. The van der Waals surface area contributed by atoms with Crippen molar-refractivity contribution < 1.29 is 13.9 Å². The van der Waals surface area contributed by atoms with E-state index in [4.69, 9.17) is 19.4 Å². The van der Waals surface area contributed by atoms with Crippen LogP contribution < -0.4 is 9.47 Å². The molecule has 0 aliphatic carbocycles. The summed E-state index contributed by atoms with van der Waals surface area (Å²) < 4.78 is 17.0. The predicted molar refractivity (Wildman–Crippen MR) is 95.7 cm³/mol. The molecule has 0 saturated carbocycles. The quantitative estimate of drug-likeness (QED) is 0.311. The molecule has 0 bridgehead atoms. The lowest BCUT2D eigenvalue weighted by Crippen LogP contribution is -1.96. The van der Waals surface area contributed by atoms with Crippen molar-refractivity contribution in [1.29, 1.82) is 0 Å². The molecule has 0 amide bonds. The number of furan rings is 1. The third kappa shape index (κ3) is 4.05. The van der Waals surface area contributed by atoms with Crippen molar-refractivity contribution in [3.8, 4) is 11.5 Å². The van der Waals surface area contributed by atoms with Gasteiger partial charge >= 0.3 is 0 Å². The Bertz CT molecular complexity index is 896. The van der Waals surface area contributed by atoms with Crippen molar-refractivity contribution in [2.45, 2.75) is 26.5 Å². The summed E-state index contributed by atoms with van der Waals surface area (Å²) in [5, 5.41) is 4.57. The second-order valence-electron chi connectivity index (χ2n) is 5.59. The molecule has 0 saturated heterocycles. The lowest BCUT2D eigenvalue weighted by Gasteiger charge is -2.07. The minimum atomic E-state index is -0.342. The highest BCUT2D eigenvalue weighted by molar-refractivity contribution is 5.79. The summed E-state index contributed by atoms with van der Waals surface area (Å²) in [6.45, 7) is 4.88. The first-order valence-electron chi connectivity index (χ1n) is 8.12. The topological polar surface area (TPSA) is 80.4 Å². The summed E-state index contributed by atoms with van der Waals surface area (Å²) in [5.74, 6) is 2.24. The molecule has 6 nitrogen and oxygen atoms in total. The average molecular weight is 337 g/mol. The van der Waals surface area contributed by atoms with E-state index in [-0.39, 0.29) is 6.04 Å². The summed E-state index contributed by atoms with van der Waals surface area (Å²) in [5.41, 5.74) is 10.3. The molecule has 0 aliphatic heterocycles. The lowest BCUT2D eigenvalue weighted by atomic mass is 10.2. The smallest absolute Gasteiger partial charge is 0.134 e. The van der Waals surface area contributed by atoms with Gasteiger partial charge in [0.2, 0.25) is 0 Å². The average Bonchev–Trinajstić information content (AvgIpc) is 3.05. The van der Waals surface area contributed by atoms with Crippen molar-refractivity contribution in [1.82, 2.24) is 0 Å². The Kier molecular flexibility index (Phi) is 5.11. The molecule has 25 heavy (non-hydrogen) atoms. The molecule has 1 atom stereocenters. The van der Waals surface area contributed by atoms with Crippen LogP contribution in [-0.2, 0) is 6.61 Å². The molecule has 2 aromatic carbocycles. The summed E-state index contributed by atoms with van der Waals surface area (Å²) >= 11 is 0. The van der Waals surface area contributed by atoms with Crippen LogP contribution in [0.1, 0.15) is 31.2 Å². The maximum absolute atomic E-state index is 8.53. The molecule has 0 fully saturated rings. The second kappa shape index (κ2) is 7.64. The van der Waals surface area contributed by atoms with E-state index >= 15 is 0 Å². The summed E-state index contributed by atoms with van der Waals surface area (Å²) in [7, 11) is 0. The van der Waals surface area contributed by atoms with Gasteiger partial charge in [0.1, 0.15) is 29.4 Å². The molecular formula is C19H19N3O3. The fourth-order valence-corrected chi connectivity index (χ4v) is 2.49. The minimum absolute atomic E-state index is 0.342. The Morgan fingerprint density at radius 3 is 2.56 bits per heavy atom. The van der Waals surface area contributed by atoms with Gasteiger partial charge in [0.05, 0.1) is 12.6 Å². The highest BCUT2D eigenvalue weighted by Gasteiger charge is 2.10. The standard InChI is InChI=1S/C19H19N3O3/c1-3-23-16-6-4-14(5-7-16)12-24-17-8-9-18-15(10-17)11-19(25-18)13(2)21-22-20/h4-11,13H,3,12H2,1-2H3. The minimum Gasteiger partial charge on any atom is -0.494 e. The Labute approximate surface area is 145 Å². The third-order valence-electron chi connectivity index (χ3n) is 3.78. The fourth-order valence-electron chi connectivity index (χ4n) is 2.49. The van der Waals surface area contributed by atoms with E-state index in [0.717, 1.165) is 28.0 Å². The fraction of sp³-hybridized carbons (Fsp3) is 0.263. The molecule has 3 rings (SSSR count). The maximum atomic E-state index is 8.53. The van der Waals surface area contributed by atoms with Crippen LogP contribution in [0.15, 0.2) is 58.1 Å². The van der Waals surface area contributed by atoms with Crippen molar-refractivity contribution in [3.05, 3.63) is 70.3 Å². The molecule has 6 heteroatoms.